The van der Waals surface area contributed by atoms with Crippen LogP contribution in [0.2, 0.25) is 0 Å². The van der Waals surface area contributed by atoms with Gasteiger partial charge in [0.2, 0.25) is 0 Å². The van der Waals surface area contributed by atoms with E-state index in [1.54, 1.807) is 0 Å². The maximum absolute atomic E-state index is 4.81. The van der Waals surface area contributed by atoms with Crippen LogP contribution in [-0.2, 0) is 12.8 Å². The maximum atomic E-state index is 4.81. The summed E-state index contributed by atoms with van der Waals surface area (Å²) in [7, 11) is 4.02. The van der Waals surface area contributed by atoms with Crippen molar-refractivity contribution in [2.24, 2.45) is 11.0 Å². The molecule has 1 atom stereocenters. The zero-order chi connectivity index (χ0) is 16.5. The molecule has 0 saturated heterocycles. The first kappa shape index (κ1) is 17.3. The van der Waals surface area contributed by atoms with Crippen LogP contribution < -0.4 is 0 Å². The first-order valence-corrected chi connectivity index (χ1v) is 8.51. The first-order chi connectivity index (χ1) is 11.2. The number of hydrazone groups is 1. The average Bonchev–Trinajstić information content (AvgIpc) is 2.58. The number of hydrogen-bond donors (Lipinski definition) is 0. The van der Waals surface area contributed by atoms with E-state index in [0.29, 0.717) is 5.92 Å². The van der Waals surface area contributed by atoms with Crippen LogP contribution in [0.4, 0.5) is 0 Å². The van der Waals surface area contributed by atoms with Gasteiger partial charge in [0.15, 0.2) is 0 Å². The zero-order valence-electron chi connectivity index (χ0n) is 14.6. The van der Waals surface area contributed by atoms with Crippen molar-refractivity contribution in [3.8, 4) is 0 Å². The first-order valence-electron chi connectivity index (χ1n) is 8.51. The van der Waals surface area contributed by atoms with E-state index in [-0.39, 0.29) is 0 Å². The zero-order valence-corrected chi connectivity index (χ0v) is 14.6. The molecule has 0 saturated carbocycles. The van der Waals surface area contributed by atoms with Crippen molar-refractivity contribution in [3.63, 3.8) is 0 Å². The fourth-order valence-electron chi connectivity index (χ4n) is 2.91. The summed E-state index contributed by atoms with van der Waals surface area (Å²) in [6.07, 6.45) is 4.27. The molecule has 0 bridgehead atoms. The third-order valence-corrected chi connectivity index (χ3v) is 4.13. The molecule has 0 aliphatic carbocycles. The molecule has 2 aromatic rings. The Morgan fingerprint density at radius 3 is 2.00 bits per heavy atom. The Balaban J connectivity index is 2.09. The lowest BCUT2D eigenvalue weighted by Crippen LogP contribution is -2.21. The Labute approximate surface area is 140 Å². The number of aryl methyl sites for hydroxylation is 1. The Kier molecular flexibility index (Phi) is 6.86. The fraction of sp³-hybridized carbons (Fsp3) is 0.381. The predicted octanol–water partition coefficient (Wildman–Crippen LogP) is 4.81. The molecule has 23 heavy (non-hydrogen) atoms. The number of hydrogen-bond acceptors (Lipinski definition) is 2. The van der Waals surface area contributed by atoms with Crippen LogP contribution in [0.5, 0.6) is 0 Å². The topological polar surface area (TPSA) is 15.6 Å². The molecule has 0 heterocycles. The number of benzene rings is 2. The van der Waals surface area contributed by atoms with Crippen LogP contribution in [0, 0.1) is 5.92 Å². The van der Waals surface area contributed by atoms with Crippen molar-refractivity contribution < 1.29 is 0 Å². The highest BCUT2D eigenvalue weighted by Gasteiger charge is 2.16. The van der Waals surface area contributed by atoms with Crippen LogP contribution in [0.25, 0.3) is 0 Å². The van der Waals surface area contributed by atoms with Gasteiger partial charge < -0.3 is 5.01 Å². The van der Waals surface area contributed by atoms with E-state index < -0.39 is 0 Å². The maximum Gasteiger partial charge on any atom is 0.0417 e. The summed E-state index contributed by atoms with van der Waals surface area (Å²) in [5.41, 5.74) is 4.09. The molecule has 2 heteroatoms. The molecule has 0 aliphatic rings. The molecule has 0 aliphatic heterocycles. The fourth-order valence-corrected chi connectivity index (χ4v) is 2.91. The van der Waals surface area contributed by atoms with Gasteiger partial charge in [-0.1, -0.05) is 67.6 Å². The number of nitrogens with zero attached hydrogens (tertiary/aromatic N) is 2. The molecule has 122 valence electrons. The Morgan fingerprint density at radius 1 is 0.913 bits per heavy atom. The van der Waals surface area contributed by atoms with Gasteiger partial charge in [0.25, 0.3) is 0 Å². The van der Waals surface area contributed by atoms with Crippen molar-refractivity contribution in [3.05, 3.63) is 71.8 Å². The summed E-state index contributed by atoms with van der Waals surface area (Å²) in [5.74, 6) is 0.503. The molecule has 0 fully saturated rings. The van der Waals surface area contributed by atoms with Gasteiger partial charge in [-0.3, -0.25) is 0 Å². The second-order valence-corrected chi connectivity index (χ2v) is 6.22. The summed E-state index contributed by atoms with van der Waals surface area (Å²) in [5, 5.41) is 6.75. The molecular formula is C21H28N2. The van der Waals surface area contributed by atoms with Crippen LogP contribution >= 0.6 is 0 Å². The van der Waals surface area contributed by atoms with Crippen LogP contribution in [-0.4, -0.2) is 24.8 Å². The third kappa shape index (κ3) is 5.90. The smallest absolute Gasteiger partial charge is 0.0417 e. The summed E-state index contributed by atoms with van der Waals surface area (Å²) < 4.78 is 0. The van der Waals surface area contributed by atoms with Crippen LogP contribution in [0.1, 0.15) is 30.9 Å². The van der Waals surface area contributed by atoms with Crippen molar-refractivity contribution >= 4 is 5.71 Å². The third-order valence-electron chi connectivity index (χ3n) is 4.13. The largest absolute Gasteiger partial charge is 0.303 e. The average molecular weight is 308 g/mol. The highest BCUT2D eigenvalue weighted by Crippen LogP contribution is 2.18. The van der Waals surface area contributed by atoms with E-state index in [4.69, 9.17) is 5.10 Å². The summed E-state index contributed by atoms with van der Waals surface area (Å²) in [6, 6.07) is 21.4. The van der Waals surface area contributed by atoms with Gasteiger partial charge in [-0.05, 0) is 36.8 Å². The van der Waals surface area contributed by atoms with Gasteiger partial charge in [0.05, 0.1) is 0 Å². The Morgan fingerprint density at radius 2 is 1.48 bits per heavy atom. The highest BCUT2D eigenvalue weighted by molar-refractivity contribution is 5.87. The van der Waals surface area contributed by atoms with Crippen molar-refractivity contribution in [1.29, 1.82) is 0 Å². The predicted molar refractivity (Wildman–Crippen MR) is 99.8 cm³/mol. The second-order valence-electron chi connectivity index (χ2n) is 6.22. The van der Waals surface area contributed by atoms with Crippen LogP contribution in [0.3, 0.4) is 0 Å². The summed E-state index contributed by atoms with van der Waals surface area (Å²) >= 11 is 0. The van der Waals surface area contributed by atoms with Crippen molar-refractivity contribution in [1.82, 2.24) is 5.01 Å². The number of rotatable bonds is 8. The summed E-state index contributed by atoms with van der Waals surface area (Å²) in [4.78, 5) is 0. The molecule has 0 amide bonds. The molecule has 0 N–H and O–H groups in total. The monoisotopic (exact) mass is 308 g/mol. The Hall–Kier alpha value is -2.09. The SMILES string of the molecule is CCC(Cc1ccccc1)/C(CCc1ccccc1)=N\N(C)C. The lowest BCUT2D eigenvalue weighted by atomic mass is 9.89. The summed E-state index contributed by atoms with van der Waals surface area (Å²) in [6.45, 7) is 2.27. The van der Waals surface area contributed by atoms with Gasteiger partial charge >= 0.3 is 0 Å². The van der Waals surface area contributed by atoms with E-state index in [1.165, 1.54) is 16.8 Å². The lowest BCUT2D eigenvalue weighted by molar-refractivity contribution is 0.428. The molecular weight excluding hydrogens is 280 g/mol. The standard InChI is InChI=1S/C21H28N2/c1-4-20(17-19-13-9-6-10-14-19)21(22-23(2)3)16-15-18-11-7-5-8-12-18/h5-14,20H,4,15-17H2,1-3H3/b22-21-. The van der Waals surface area contributed by atoms with E-state index in [1.807, 2.05) is 19.1 Å². The van der Waals surface area contributed by atoms with Gasteiger partial charge in [-0.25, -0.2) is 0 Å². The van der Waals surface area contributed by atoms with Crippen LogP contribution in [0.15, 0.2) is 65.8 Å². The van der Waals surface area contributed by atoms with E-state index in [9.17, 15) is 0 Å². The molecule has 2 aromatic carbocycles. The minimum Gasteiger partial charge on any atom is -0.303 e. The lowest BCUT2D eigenvalue weighted by Gasteiger charge is -2.20. The van der Waals surface area contributed by atoms with Gasteiger partial charge in [-0.15, -0.1) is 0 Å². The minimum absolute atomic E-state index is 0.503. The second kappa shape index (κ2) is 9.14. The van der Waals surface area contributed by atoms with Crippen molar-refractivity contribution in [2.45, 2.75) is 32.6 Å². The molecule has 2 nitrogen and oxygen atoms in total. The normalized spacial score (nSPS) is 12.9. The molecule has 2 rings (SSSR count). The van der Waals surface area contributed by atoms with E-state index >= 15 is 0 Å². The van der Waals surface area contributed by atoms with Gasteiger partial charge in [-0.2, -0.15) is 5.10 Å². The van der Waals surface area contributed by atoms with E-state index in [2.05, 4.69) is 67.6 Å². The molecule has 0 spiro atoms. The van der Waals surface area contributed by atoms with Crippen molar-refractivity contribution in [2.75, 3.05) is 14.1 Å². The molecule has 0 aromatic heterocycles. The van der Waals surface area contributed by atoms with Gasteiger partial charge in [0, 0.05) is 25.7 Å². The highest BCUT2D eigenvalue weighted by atomic mass is 15.4. The molecule has 1 unspecified atom stereocenters. The molecule has 0 radical (unpaired) electrons. The van der Waals surface area contributed by atoms with Gasteiger partial charge in [0.1, 0.15) is 0 Å². The minimum atomic E-state index is 0.503. The quantitative estimate of drug-likeness (QED) is 0.505. The van der Waals surface area contributed by atoms with E-state index in [0.717, 1.165) is 25.7 Å². The Bertz CT molecular complexity index is 588.